The lowest BCUT2D eigenvalue weighted by molar-refractivity contribution is -0.140. The van der Waals surface area contributed by atoms with Gasteiger partial charge in [0.25, 0.3) is 10.0 Å². The summed E-state index contributed by atoms with van der Waals surface area (Å²) >= 11 is 0. The van der Waals surface area contributed by atoms with Gasteiger partial charge in [0, 0.05) is 12.1 Å². The van der Waals surface area contributed by atoms with Crippen LogP contribution in [0.25, 0.3) is 0 Å². The average molecular weight is 628 g/mol. The molecular formula is C36H41N3O5S. The number of sulfonamides is 1. The number of nitrogens with zero attached hydrogens (tertiary/aromatic N) is 2. The highest BCUT2D eigenvalue weighted by atomic mass is 32.2. The van der Waals surface area contributed by atoms with E-state index < -0.39 is 34.1 Å². The maximum atomic E-state index is 14.2. The van der Waals surface area contributed by atoms with Gasteiger partial charge in [0.2, 0.25) is 11.8 Å². The predicted octanol–water partition coefficient (Wildman–Crippen LogP) is 6.44. The molecule has 8 nitrogen and oxygen atoms in total. The normalized spacial score (nSPS) is 12.2. The minimum absolute atomic E-state index is 0.0516. The van der Waals surface area contributed by atoms with Crippen LogP contribution in [0, 0.1) is 0 Å². The molecule has 0 heterocycles. The molecule has 0 saturated carbocycles. The Bertz CT molecular complexity index is 1640. The molecule has 4 aromatic carbocycles. The first kappa shape index (κ1) is 33.3. The molecule has 0 aliphatic rings. The number of nitrogens with one attached hydrogen (secondary N) is 1. The topological polar surface area (TPSA) is 96.0 Å². The molecule has 0 spiro atoms. The van der Waals surface area contributed by atoms with Gasteiger partial charge in [0.15, 0.2) is 0 Å². The fraction of sp³-hybridized carbons (Fsp3) is 0.278. The molecule has 0 bridgehead atoms. The fourth-order valence-corrected chi connectivity index (χ4v) is 6.34. The summed E-state index contributed by atoms with van der Waals surface area (Å²) in [6.45, 7) is 7.24. The van der Waals surface area contributed by atoms with Gasteiger partial charge in [-0.15, -0.1) is 0 Å². The van der Waals surface area contributed by atoms with Gasteiger partial charge in [-0.3, -0.25) is 13.9 Å². The number of para-hydroxylation sites is 1. The summed E-state index contributed by atoms with van der Waals surface area (Å²) in [6.07, 6.45) is 0.863. The van der Waals surface area contributed by atoms with Crippen LogP contribution in [0.2, 0.25) is 0 Å². The predicted molar refractivity (Wildman–Crippen MR) is 178 cm³/mol. The van der Waals surface area contributed by atoms with Crippen molar-refractivity contribution in [2.24, 2.45) is 0 Å². The molecule has 0 aromatic heterocycles. The molecular weight excluding hydrogens is 586 g/mol. The van der Waals surface area contributed by atoms with Crippen LogP contribution < -0.4 is 14.4 Å². The largest absolute Gasteiger partial charge is 0.457 e. The van der Waals surface area contributed by atoms with Gasteiger partial charge in [0.1, 0.15) is 24.1 Å². The van der Waals surface area contributed by atoms with Crippen molar-refractivity contribution in [1.82, 2.24) is 10.2 Å². The number of carbonyl (C=O) groups is 2. The Hall–Kier alpha value is -4.63. The first-order valence-corrected chi connectivity index (χ1v) is 16.5. The summed E-state index contributed by atoms with van der Waals surface area (Å²) in [5.74, 6) is 0.391. The molecule has 0 saturated heterocycles. The quantitative estimate of drug-likeness (QED) is 0.184. The van der Waals surface area contributed by atoms with E-state index in [1.165, 1.54) is 17.0 Å². The van der Waals surface area contributed by atoms with E-state index >= 15 is 0 Å². The highest BCUT2D eigenvalue weighted by molar-refractivity contribution is 7.92. The zero-order valence-corrected chi connectivity index (χ0v) is 27.0. The molecule has 4 rings (SSSR count). The number of carbonyl (C=O) groups excluding carboxylic acids is 2. The Kier molecular flexibility index (Phi) is 11.0. The van der Waals surface area contributed by atoms with Crippen molar-refractivity contribution in [2.45, 2.75) is 57.0 Å². The molecule has 0 aliphatic carbocycles. The van der Waals surface area contributed by atoms with Crippen LogP contribution in [0.3, 0.4) is 0 Å². The van der Waals surface area contributed by atoms with E-state index in [-0.39, 0.29) is 17.3 Å². The molecule has 1 atom stereocenters. The lowest BCUT2D eigenvalue weighted by atomic mass is 10.1. The first-order valence-electron chi connectivity index (χ1n) is 15.0. The second-order valence-electron chi connectivity index (χ2n) is 11.7. The van der Waals surface area contributed by atoms with Crippen molar-refractivity contribution in [3.8, 4) is 11.5 Å². The van der Waals surface area contributed by atoms with Gasteiger partial charge in [-0.05, 0) is 87.7 Å². The molecule has 1 N–H and O–H groups in total. The van der Waals surface area contributed by atoms with Crippen LogP contribution in [-0.2, 0) is 26.0 Å². The number of anilines is 1. The maximum absolute atomic E-state index is 14.2. The van der Waals surface area contributed by atoms with Crippen LogP contribution >= 0.6 is 0 Å². The van der Waals surface area contributed by atoms with E-state index in [0.717, 1.165) is 9.87 Å². The third-order valence-corrected chi connectivity index (χ3v) is 8.87. The van der Waals surface area contributed by atoms with Gasteiger partial charge in [-0.2, -0.15) is 0 Å². The van der Waals surface area contributed by atoms with E-state index in [2.05, 4.69) is 5.32 Å². The Morgan fingerprint density at radius 1 is 0.778 bits per heavy atom. The minimum Gasteiger partial charge on any atom is -0.457 e. The van der Waals surface area contributed by atoms with E-state index in [0.29, 0.717) is 30.0 Å². The minimum atomic E-state index is -4.16. The van der Waals surface area contributed by atoms with E-state index in [9.17, 15) is 18.0 Å². The Balaban J connectivity index is 1.69. The molecule has 0 radical (unpaired) electrons. The second-order valence-corrected chi connectivity index (χ2v) is 13.6. The van der Waals surface area contributed by atoms with Gasteiger partial charge in [-0.1, -0.05) is 73.7 Å². The summed E-state index contributed by atoms with van der Waals surface area (Å²) in [5, 5.41) is 2.99. The molecule has 236 valence electrons. The summed E-state index contributed by atoms with van der Waals surface area (Å²) in [5.41, 5.74) is 0.789. The van der Waals surface area contributed by atoms with E-state index in [1.807, 2.05) is 88.4 Å². The monoisotopic (exact) mass is 627 g/mol. The standard InChI is InChI=1S/C36H41N3O5S/c1-5-33(35(41)37-36(2,3)4)38(26-25-28-15-9-6-10-16-28)34(40)27-39(45(42,43)32-19-13-8-14-20-32)29-21-23-31(24-22-29)44-30-17-11-7-12-18-30/h6-24,33H,5,25-27H2,1-4H3,(H,37,41). The van der Waals surface area contributed by atoms with Crippen LogP contribution in [-0.4, -0.2) is 49.8 Å². The highest BCUT2D eigenvalue weighted by Gasteiger charge is 2.34. The third kappa shape index (κ3) is 9.18. The molecule has 1 unspecified atom stereocenters. The highest BCUT2D eigenvalue weighted by Crippen LogP contribution is 2.28. The van der Waals surface area contributed by atoms with Crippen molar-refractivity contribution >= 4 is 27.5 Å². The van der Waals surface area contributed by atoms with Crippen molar-refractivity contribution in [1.29, 1.82) is 0 Å². The van der Waals surface area contributed by atoms with Gasteiger partial charge >= 0.3 is 0 Å². The number of hydrogen-bond donors (Lipinski definition) is 1. The van der Waals surface area contributed by atoms with Crippen LogP contribution in [0.15, 0.2) is 120 Å². The van der Waals surface area contributed by atoms with Crippen molar-refractivity contribution in [2.75, 3.05) is 17.4 Å². The van der Waals surface area contributed by atoms with E-state index in [1.54, 1.807) is 42.5 Å². The van der Waals surface area contributed by atoms with E-state index in [4.69, 9.17) is 4.74 Å². The number of benzene rings is 4. The van der Waals surface area contributed by atoms with Gasteiger partial charge in [0.05, 0.1) is 10.6 Å². The maximum Gasteiger partial charge on any atom is 0.264 e. The summed E-state index contributed by atoms with van der Waals surface area (Å²) in [4.78, 5) is 29.2. The van der Waals surface area contributed by atoms with Crippen molar-refractivity contribution in [3.05, 3.63) is 121 Å². The SMILES string of the molecule is CCC(C(=O)NC(C)(C)C)N(CCc1ccccc1)C(=O)CN(c1ccc(Oc2ccccc2)cc1)S(=O)(=O)c1ccccc1. The van der Waals surface area contributed by atoms with Gasteiger partial charge in [-0.25, -0.2) is 8.42 Å². The summed E-state index contributed by atoms with van der Waals surface area (Å²) in [7, 11) is -4.16. The summed E-state index contributed by atoms with van der Waals surface area (Å²) < 4.78 is 35.1. The molecule has 2 amide bonds. The second kappa shape index (κ2) is 14.9. The molecule has 9 heteroatoms. The Morgan fingerprint density at radius 2 is 1.31 bits per heavy atom. The van der Waals surface area contributed by atoms with Crippen LogP contribution in [0.5, 0.6) is 11.5 Å². The Labute approximate surface area is 266 Å². The number of amides is 2. The molecule has 4 aromatic rings. The lowest BCUT2D eigenvalue weighted by Gasteiger charge is -2.34. The lowest BCUT2D eigenvalue weighted by Crippen LogP contribution is -2.56. The zero-order valence-electron chi connectivity index (χ0n) is 26.2. The van der Waals surface area contributed by atoms with Crippen LogP contribution in [0.1, 0.15) is 39.7 Å². The third-order valence-electron chi connectivity index (χ3n) is 7.08. The van der Waals surface area contributed by atoms with Crippen molar-refractivity contribution < 1.29 is 22.7 Å². The van der Waals surface area contributed by atoms with Crippen molar-refractivity contribution in [3.63, 3.8) is 0 Å². The molecule has 0 aliphatic heterocycles. The smallest absolute Gasteiger partial charge is 0.264 e. The van der Waals surface area contributed by atoms with Gasteiger partial charge < -0.3 is 15.0 Å². The average Bonchev–Trinajstić information content (AvgIpc) is 3.02. The number of ether oxygens (including phenoxy) is 1. The number of rotatable bonds is 13. The number of hydrogen-bond acceptors (Lipinski definition) is 5. The zero-order chi connectivity index (χ0) is 32.5. The first-order chi connectivity index (χ1) is 21.5. The molecule has 45 heavy (non-hydrogen) atoms. The summed E-state index contributed by atoms with van der Waals surface area (Å²) in [6, 6.07) is 32.7. The fourth-order valence-electron chi connectivity index (χ4n) is 4.90. The molecule has 0 fully saturated rings. The van der Waals surface area contributed by atoms with Crippen LogP contribution in [0.4, 0.5) is 5.69 Å². The Morgan fingerprint density at radius 3 is 1.87 bits per heavy atom.